The lowest BCUT2D eigenvalue weighted by Crippen LogP contribution is -2.11. The molecule has 3 aromatic heterocycles. The molecule has 0 aliphatic carbocycles. The van der Waals surface area contributed by atoms with Gasteiger partial charge in [-0.1, -0.05) is 85.7 Å². The van der Waals surface area contributed by atoms with Gasteiger partial charge in [-0.15, -0.1) is 0 Å². The van der Waals surface area contributed by atoms with Gasteiger partial charge in [-0.3, -0.25) is 4.57 Å². The summed E-state index contributed by atoms with van der Waals surface area (Å²) in [5, 5.41) is 7.31. The molecule has 0 N–H and O–H groups in total. The van der Waals surface area contributed by atoms with Crippen LogP contribution in [0.1, 0.15) is 102 Å². The fourth-order valence-electron chi connectivity index (χ4n) is 7.66. The van der Waals surface area contributed by atoms with Crippen LogP contribution in [-0.2, 0) is 12.8 Å². The van der Waals surface area contributed by atoms with E-state index in [9.17, 15) is 0 Å². The molecule has 7 rings (SSSR count). The third kappa shape index (κ3) is 7.87. The van der Waals surface area contributed by atoms with Crippen LogP contribution in [0.5, 0.6) is 11.5 Å². The van der Waals surface area contributed by atoms with Crippen molar-refractivity contribution in [2.24, 2.45) is 10.8 Å². The number of hydrogen-bond acceptors (Lipinski definition) is 3. The fraction of sp³-hybridized carbons (Fsp3) is 0.347. The Balaban J connectivity index is 1.24. The van der Waals surface area contributed by atoms with Crippen molar-refractivity contribution in [3.05, 3.63) is 131 Å². The van der Waals surface area contributed by atoms with E-state index in [-0.39, 0.29) is 10.8 Å². The zero-order valence-corrected chi connectivity index (χ0v) is 33.9. The van der Waals surface area contributed by atoms with Crippen molar-refractivity contribution in [1.29, 1.82) is 0 Å². The van der Waals surface area contributed by atoms with Gasteiger partial charge in [0, 0.05) is 40.9 Å². The number of rotatable bonds is 10. The van der Waals surface area contributed by atoms with E-state index in [2.05, 4.69) is 159 Å². The fourth-order valence-corrected chi connectivity index (χ4v) is 7.66. The van der Waals surface area contributed by atoms with Gasteiger partial charge in [0.2, 0.25) is 0 Å². The molecule has 54 heavy (non-hydrogen) atoms. The van der Waals surface area contributed by atoms with Crippen LogP contribution in [0, 0.1) is 24.7 Å². The van der Waals surface area contributed by atoms with E-state index in [4.69, 9.17) is 14.8 Å². The molecule has 0 aliphatic heterocycles. The molecule has 0 amide bonds. The summed E-state index contributed by atoms with van der Waals surface area (Å²) >= 11 is 0. The molecule has 278 valence electrons. The summed E-state index contributed by atoms with van der Waals surface area (Å²) in [5.74, 6) is 2.85. The minimum absolute atomic E-state index is 0.252. The third-order valence-electron chi connectivity index (χ3n) is 10.7. The van der Waals surface area contributed by atoms with E-state index in [1.165, 1.54) is 49.7 Å². The van der Waals surface area contributed by atoms with Crippen LogP contribution < -0.4 is 4.74 Å². The van der Waals surface area contributed by atoms with Crippen molar-refractivity contribution >= 4 is 21.8 Å². The molecule has 0 saturated heterocycles. The minimum Gasteiger partial charge on any atom is -0.457 e. The molecule has 0 fully saturated rings. The van der Waals surface area contributed by atoms with Crippen LogP contribution in [0.3, 0.4) is 0 Å². The van der Waals surface area contributed by atoms with E-state index in [0.717, 1.165) is 59.7 Å². The summed E-state index contributed by atoms with van der Waals surface area (Å²) < 4.78 is 10.9. The van der Waals surface area contributed by atoms with Gasteiger partial charge in [0.25, 0.3) is 0 Å². The average molecular weight is 717 g/mol. The minimum atomic E-state index is 0.252. The van der Waals surface area contributed by atoms with Crippen molar-refractivity contribution in [3.8, 4) is 34.1 Å². The number of pyridine rings is 1. The quantitative estimate of drug-likeness (QED) is 0.142. The number of para-hydroxylation sites is 1. The molecular formula is C49H56N4O. The normalized spacial score (nSPS) is 12.4. The van der Waals surface area contributed by atoms with Gasteiger partial charge < -0.3 is 4.74 Å². The van der Waals surface area contributed by atoms with Crippen LogP contribution in [0.2, 0.25) is 0 Å². The Bertz CT molecular complexity index is 2400. The Kier molecular flexibility index (Phi) is 10.0. The largest absolute Gasteiger partial charge is 0.457 e. The van der Waals surface area contributed by atoms with Crippen molar-refractivity contribution < 1.29 is 4.74 Å². The Hall–Kier alpha value is -5.16. The Morgan fingerprint density at radius 2 is 1.35 bits per heavy atom. The number of nitrogens with zero attached hydrogens (tertiary/aromatic N) is 4. The topological polar surface area (TPSA) is 44.9 Å². The summed E-state index contributed by atoms with van der Waals surface area (Å²) in [5.41, 5.74) is 13.1. The maximum absolute atomic E-state index is 6.61. The van der Waals surface area contributed by atoms with E-state index >= 15 is 0 Å². The van der Waals surface area contributed by atoms with Gasteiger partial charge in [-0.05, 0) is 132 Å². The molecule has 5 nitrogen and oxygen atoms in total. The molecular weight excluding hydrogens is 661 g/mol. The Labute approximate surface area is 322 Å². The highest BCUT2D eigenvalue weighted by Gasteiger charge is 2.22. The van der Waals surface area contributed by atoms with Crippen LogP contribution in [-0.4, -0.2) is 19.3 Å². The monoisotopic (exact) mass is 716 g/mol. The lowest BCUT2D eigenvalue weighted by Gasteiger charge is -2.25. The Morgan fingerprint density at radius 3 is 2.04 bits per heavy atom. The maximum atomic E-state index is 6.61. The summed E-state index contributed by atoms with van der Waals surface area (Å²) in [7, 11) is 0. The first-order valence-electron chi connectivity index (χ1n) is 19.6. The van der Waals surface area contributed by atoms with E-state index in [1.807, 2.05) is 23.0 Å². The van der Waals surface area contributed by atoms with Crippen LogP contribution >= 0.6 is 0 Å². The lowest BCUT2D eigenvalue weighted by molar-refractivity contribution is 0.376. The van der Waals surface area contributed by atoms with Crippen LogP contribution in [0.15, 0.2) is 104 Å². The highest BCUT2D eigenvalue weighted by atomic mass is 16.5. The van der Waals surface area contributed by atoms with Crippen molar-refractivity contribution in [3.63, 3.8) is 0 Å². The van der Waals surface area contributed by atoms with Gasteiger partial charge >= 0.3 is 0 Å². The first kappa shape index (κ1) is 37.2. The lowest BCUT2D eigenvalue weighted by atomic mass is 9.80. The molecule has 0 aliphatic rings. The molecule has 0 atom stereocenters. The summed E-state index contributed by atoms with van der Waals surface area (Å²) in [6.45, 7) is 23.0. The molecule has 3 heterocycles. The first-order valence-corrected chi connectivity index (χ1v) is 19.6. The molecule has 7 aromatic rings. The van der Waals surface area contributed by atoms with Crippen molar-refractivity contribution in [2.45, 2.75) is 101 Å². The van der Waals surface area contributed by atoms with Gasteiger partial charge in [0.15, 0.2) is 0 Å². The zero-order valence-electron chi connectivity index (χ0n) is 33.9. The second-order valence-electron chi connectivity index (χ2n) is 17.9. The number of benzene rings is 4. The van der Waals surface area contributed by atoms with Gasteiger partial charge in [0.05, 0.1) is 22.9 Å². The van der Waals surface area contributed by atoms with E-state index in [0.29, 0.717) is 5.92 Å². The van der Waals surface area contributed by atoms with Crippen LogP contribution in [0.25, 0.3) is 44.4 Å². The average Bonchev–Trinajstić information content (AvgIpc) is 3.73. The second-order valence-corrected chi connectivity index (χ2v) is 17.9. The summed E-state index contributed by atoms with van der Waals surface area (Å²) in [4.78, 5) is 4.82. The SMILES string of the molecule is Cc1cc(C)c(CCC(C)(C)C)c(-c2cnn(-c3cccc(Oc4ccc5c6ccccc6n(-c6cc(C(C)C)ccn6)c5c4)c3)c2)c1CCC(C)(C)C. The molecule has 0 unspecified atom stereocenters. The van der Waals surface area contributed by atoms with E-state index < -0.39 is 0 Å². The second kappa shape index (κ2) is 14.6. The maximum Gasteiger partial charge on any atom is 0.137 e. The van der Waals surface area contributed by atoms with Crippen molar-refractivity contribution in [1.82, 2.24) is 19.3 Å². The predicted molar refractivity (Wildman–Crippen MR) is 227 cm³/mol. The summed E-state index contributed by atoms with van der Waals surface area (Å²) in [6, 6.07) is 29.8. The van der Waals surface area contributed by atoms with Gasteiger partial charge in [0.1, 0.15) is 17.3 Å². The standard InChI is InChI=1S/C49H56N4O/c1-32(2)35-22-25-50-46(27-35)53-44-17-12-11-16-42(44)43-19-18-39(29-45(43)53)54-38-15-13-14-37(28-38)52-31-36(30-51-52)47-40(20-23-48(5,6)7)33(3)26-34(4)41(47)21-24-49(8,9)10/h11-19,22,25-32H,20-21,23-24H2,1-10H3. The smallest absolute Gasteiger partial charge is 0.137 e. The highest BCUT2D eigenvalue weighted by molar-refractivity contribution is 6.09. The van der Waals surface area contributed by atoms with E-state index in [1.54, 1.807) is 0 Å². The zero-order chi connectivity index (χ0) is 38.4. The number of aromatic nitrogens is 4. The molecule has 0 bridgehead atoms. The molecule has 0 saturated carbocycles. The third-order valence-corrected chi connectivity index (χ3v) is 10.7. The van der Waals surface area contributed by atoms with Gasteiger partial charge in [-0.25, -0.2) is 9.67 Å². The molecule has 0 radical (unpaired) electrons. The van der Waals surface area contributed by atoms with Gasteiger partial charge in [-0.2, -0.15) is 5.10 Å². The van der Waals surface area contributed by atoms with Crippen molar-refractivity contribution in [2.75, 3.05) is 0 Å². The first-order chi connectivity index (χ1) is 25.6. The number of hydrogen-bond donors (Lipinski definition) is 0. The molecule has 0 spiro atoms. The number of aryl methyl sites for hydroxylation is 2. The number of fused-ring (bicyclic) bond motifs is 3. The summed E-state index contributed by atoms with van der Waals surface area (Å²) in [6.07, 6.45) is 10.5. The molecule has 4 aromatic carbocycles. The Morgan fingerprint density at radius 1 is 0.685 bits per heavy atom. The number of ether oxygens (including phenoxy) is 1. The highest BCUT2D eigenvalue weighted by Crippen LogP contribution is 2.39. The molecule has 5 heteroatoms. The van der Waals surface area contributed by atoms with Crippen LogP contribution in [0.4, 0.5) is 0 Å². The predicted octanol–water partition coefficient (Wildman–Crippen LogP) is 13.5.